The minimum absolute atomic E-state index is 0.0292. The largest absolute Gasteiger partial charge is 0.467 e. The molecule has 1 aromatic carbocycles. The number of carbonyl (C=O) groups is 5. The Morgan fingerprint density at radius 1 is 0.836 bits per heavy atom. The van der Waals surface area contributed by atoms with E-state index in [0.717, 1.165) is 5.56 Å². The lowest BCUT2D eigenvalue weighted by molar-refractivity contribution is -0.149. The monoisotopic (exact) mass is 951 g/mol. The van der Waals surface area contributed by atoms with Gasteiger partial charge in [-0.15, -0.1) is 0 Å². The fourth-order valence-corrected chi connectivity index (χ4v) is 8.88. The van der Waals surface area contributed by atoms with E-state index in [9.17, 15) is 24.0 Å². The average molecular weight is 951 g/mol. The molecule has 0 aliphatic carbocycles. The number of likely N-dealkylation sites (N-methyl/N-ethyl adjacent to an activating group) is 2. The summed E-state index contributed by atoms with van der Waals surface area (Å²) in [5.41, 5.74) is 0.190. The maximum Gasteiger partial charge on any atom is 0.328 e. The second-order valence-corrected chi connectivity index (χ2v) is 19.0. The topological polar surface area (TPSA) is 210 Å². The van der Waals surface area contributed by atoms with Gasteiger partial charge in [-0.3, -0.25) is 24.1 Å². The van der Waals surface area contributed by atoms with Gasteiger partial charge in [-0.1, -0.05) is 92.1 Å². The molecule has 4 N–H and O–H groups in total. The summed E-state index contributed by atoms with van der Waals surface area (Å²) in [7, 11) is 7.94. The number of methoxy groups -OCH3 is 3. The van der Waals surface area contributed by atoms with Crippen molar-refractivity contribution in [3.8, 4) is 0 Å². The molecule has 0 saturated carbocycles. The number of nitrogens with one attached hydrogen (secondary N) is 2. The Morgan fingerprint density at radius 2 is 1.43 bits per heavy atom. The molecule has 4 amide bonds. The number of hydrogen-bond donors (Lipinski definition) is 3. The van der Waals surface area contributed by atoms with Crippen LogP contribution in [-0.2, 0) is 63.7 Å². The Hall–Kier alpha value is -3.75. The predicted molar refractivity (Wildman–Crippen MR) is 255 cm³/mol. The molecule has 67 heavy (non-hydrogen) atoms. The molecule has 18 nitrogen and oxygen atoms in total. The van der Waals surface area contributed by atoms with E-state index in [1.54, 1.807) is 30.9 Å². The lowest BCUT2D eigenvalue weighted by atomic mass is 9.83. The van der Waals surface area contributed by atoms with Gasteiger partial charge in [0.25, 0.3) is 0 Å². The maximum atomic E-state index is 14.8. The molecule has 1 fully saturated rings. The quantitative estimate of drug-likeness (QED) is 0.0539. The highest BCUT2D eigenvalue weighted by Gasteiger charge is 2.45. The first-order valence-corrected chi connectivity index (χ1v) is 23.9. The van der Waals surface area contributed by atoms with Crippen LogP contribution in [0.2, 0.25) is 0 Å². The van der Waals surface area contributed by atoms with E-state index < -0.39 is 65.6 Å². The minimum Gasteiger partial charge on any atom is -0.467 e. The lowest BCUT2D eigenvalue weighted by Crippen LogP contribution is -2.62. The molecule has 1 aromatic rings. The van der Waals surface area contributed by atoms with Gasteiger partial charge in [0, 0.05) is 40.8 Å². The molecule has 2 rings (SSSR count). The number of nitrogens with zero attached hydrogens (tertiary/aromatic N) is 3. The first-order chi connectivity index (χ1) is 31.8. The van der Waals surface area contributed by atoms with Gasteiger partial charge in [-0.2, -0.15) is 0 Å². The summed E-state index contributed by atoms with van der Waals surface area (Å²) in [4.78, 5) is 79.7. The number of benzene rings is 1. The highest BCUT2D eigenvalue weighted by Crippen LogP contribution is 2.31. The molecular formula is C49H86N6O12. The first kappa shape index (κ1) is 59.4. The van der Waals surface area contributed by atoms with Gasteiger partial charge in [-0.25, -0.2) is 10.7 Å². The third kappa shape index (κ3) is 18.9. The van der Waals surface area contributed by atoms with Crippen LogP contribution in [0.5, 0.6) is 0 Å². The van der Waals surface area contributed by atoms with Crippen LogP contribution in [0.4, 0.5) is 0 Å². The SMILES string of the molecule is CC[C@H](C)[C@@H]([C@@H](CC(=O)N1CCC[C@H]1[C@H](OC)[C@@H](C)C(=O)N[C@@H](Cc1ccccc1)C(=O)OC)OC)N(C)C(=O)[C@@H](NC(=O)[C@H](C(C)C)N(C)CCOCCOCCOCCON)C(C)(C)C. The van der Waals surface area contributed by atoms with Crippen molar-refractivity contribution in [2.75, 3.05) is 94.8 Å². The zero-order chi connectivity index (χ0) is 50.3. The van der Waals surface area contributed by atoms with Crippen molar-refractivity contribution in [3.05, 3.63) is 35.9 Å². The third-order valence-corrected chi connectivity index (χ3v) is 12.8. The van der Waals surface area contributed by atoms with Crippen molar-refractivity contribution in [1.82, 2.24) is 25.3 Å². The molecule has 384 valence electrons. The Morgan fingerprint density at radius 3 is 1.96 bits per heavy atom. The van der Waals surface area contributed by atoms with Crippen molar-refractivity contribution in [1.29, 1.82) is 0 Å². The van der Waals surface area contributed by atoms with Gasteiger partial charge < -0.3 is 53.7 Å². The molecule has 18 heteroatoms. The molecule has 0 unspecified atom stereocenters. The van der Waals surface area contributed by atoms with Gasteiger partial charge in [0.05, 0.1) is 96.0 Å². The lowest BCUT2D eigenvalue weighted by Gasteiger charge is -2.42. The van der Waals surface area contributed by atoms with Crippen molar-refractivity contribution in [3.63, 3.8) is 0 Å². The summed E-state index contributed by atoms with van der Waals surface area (Å²) >= 11 is 0. The zero-order valence-electron chi connectivity index (χ0n) is 42.9. The zero-order valence-corrected chi connectivity index (χ0v) is 42.9. The summed E-state index contributed by atoms with van der Waals surface area (Å²) < 4.78 is 33.7. The van der Waals surface area contributed by atoms with Crippen LogP contribution in [0.1, 0.15) is 86.6 Å². The number of rotatable bonds is 32. The van der Waals surface area contributed by atoms with Gasteiger partial charge in [-0.05, 0) is 42.7 Å². The van der Waals surface area contributed by atoms with Crippen LogP contribution in [0, 0.1) is 23.2 Å². The van der Waals surface area contributed by atoms with Gasteiger partial charge in [0.15, 0.2) is 0 Å². The molecule has 1 aliphatic heterocycles. The molecule has 0 spiro atoms. The van der Waals surface area contributed by atoms with E-state index in [1.807, 2.05) is 90.7 Å². The Balaban J connectivity index is 2.20. The molecule has 0 bridgehead atoms. The second kappa shape index (κ2) is 30.7. The van der Waals surface area contributed by atoms with E-state index in [2.05, 4.69) is 15.5 Å². The minimum atomic E-state index is -0.909. The van der Waals surface area contributed by atoms with Crippen molar-refractivity contribution < 1.29 is 57.2 Å². The van der Waals surface area contributed by atoms with Crippen LogP contribution in [0.15, 0.2) is 30.3 Å². The van der Waals surface area contributed by atoms with E-state index in [4.69, 9.17) is 34.3 Å². The summed E-state index contributed by atoms with van der Waals surface area (Å²) in [6.45, 7) is 19.2. The Kier molecular flexibility index (Phi) is 27.2. The normalized spacial score (nSPS) is 17.9. The third-order valence-electron chi connectivity index (χ3n) is 12.8. The number of esters is 1. The molecule has 0 radical (unpaired) electrons. The number of hydrogen-bond acceptors (Lipinski definition) is 14. The molecular weight excluding hydrogens is 865 g/mol. The number of amides is 4. The molecule has 1 heterocycles. The van der Waals surface area contributed by atoms with Crippen LogP contribution in [0.3, 0.4) is 0 Å². The smallest absolute Gasteiger partial charge is 0.328 e. The van der Waals surface area contributed by atoms with E-state index in [0.29, 0.717) is 78.6 Å². The highest BCUT2D eigenvalue weighted by molar-refractivity contribution is 5.91. The highest BCUT2D eigenvalue weighted by atomic mass is 16.6. The van der Waals surface area contributed by atoms with E-state index in [1.165, 1.54) is 14.2 Å². The number of ether oxygens (including phenoxy) is 6. The van der Waals surface area contributed by atoms with Crippen molar-refractivity contribution >= 4 is 29.6 Å². The molecule has 1 saturated heterocycles. The molecule has 1 aliphatic rings. The van der Waals surface area contributed by atoms with E-state index in [-0.39, 0.29) is 42.4 Å². The van der Waals surface area contributed by atoms with Crippen LogP contribution < -0.4 is 16.5 Å². The number of likely N-dealkylation sites (tertiary alicyclic amines) is 1. The fourth-order valence-electron chi connectivity index (χ4n) is 8.88. The maximum absolute atomic E-state index is 14.8. The van der Waals surface area contributed by atoms with E-state index >= 15 is 0 Å². The van der Waals surface area contributed by atoms with Gasteiger partial charge >= 0.3 is 5.97 Å². The standard InChI is InChI=1S/C49H86N6O12/c1-14-34(4)42(54(10)47(59)44(49(6,7)8)52-46(58)41(33(2)3)53(9)23-24-64-25-26-65-27-28-66-29-30-67-50)39(61-11)32-40(56)55-22-18-21-38(55)43(62-12)35(5)45(57)51-37(48(60)63-13)31-36-19-16-15-17-20-36/h15-17,19-20,33-35,37-39,41-44H,14,18,21-32,50H2,1-13H3,(H,51,57)(H,52,58)/t34-,35+,37-,38-,39+,41-,42-,43+,44+/m0/s1. The Labute approximate surface area is 400 Å². The summed E-state index contributed by atoms with van der Waals surface area (Å²) in [5.74, 6) is 2.40. The number of carbonyl (C=O) groups excluding carboxylic acids is 5. The van der Waals surface area contributed by atoms with Crippen LogP contribution >= 0.6 is 0 Å². The van der Waals surface area contributed by atoms with Crippen LogP contribution in [-0.4, -0.2) is 181 Å². The fraction of sp³-hybridized carbons (Fsp3) is 0.776. The summed E-state index contributed by atoms with van der Waals surface area (Å²) in [6.07, 6.45) is 0.870. The average Bonchev–Trinajstić information content (AvgIpc) is 3.78. The number of nitrogens with two attached hydrogens (primary N) is 1. The molecule has 9 atom stereocenters. The van der Waals surface area contributed by atoms with Crippen molar-refractivity contribution in [2.24, 2.45) is 29.1 Å². The Bertz CT molecular complexity index is 1620. The predicted octanol–water partition coefficient (Wildman–Crippen LogP) is 3.23. The summed E-state index contributed by atoms with van der Waals surface area (Å²) in [5, 5.41) is 5.99. The van der Waals surface area contributed by atoms with Crippen LogP contribution in [0.25, 0.3) is 0 Å². The molecule has 0 aromatic heterocycles. The van der Waals surface area contributed by atoms with Crippen molar-refractivity contribution in [2.45, 2.75) is 130 Å². The summed E-state index contributed by atoms with van der Waals surface area (Å²) in [6, 6.07) is 6.06. The second-order valence-electron chi connectivity index (χ2n) is 19.0. The van der Waals surface area contributed by atoms with Gasteiger partial charge in [0.2, 0.25) is 23.6 Å². The first-order valence-electron chi connectivity index (χ1n) is 23.9. The van der Waals surface area contributed by atoms with Gasteiger partial charge in [0.1, 0.15) is 12.1 Å².